The van der Waals surface area contributed by atoms with Crippen LogP contribution < -0.4 is 14.2 Å². The highest BCUT2D eigenvalue weighted by molar-refractivity contribution is 8.18. The summed E-state index contributed by atoms with van der Waals surface area (Å²) in [6.07, 6.45) is 1.72. The number of amides is 2. The molecular formula is C28H27NO5S. The molecule has 1 fully saturated rings. The zero-order valence-corrected chi connectivity index (χ0v) is 20.5. The first kappa shape index (κ1) is 24.4. The molecule has 180 valence electrons. The van der Waals surface area contributed by atoms with E-state index < -0.39 is 0 Å². The van der Waals surface area contributed by atoms with E-state index in [1.807, 2.05) is 86.6 Å². The smallest absolute Gasteiger partial charge is 0.293 e. The Labute approximate surface area is 209 Å². The molecule has 1 aliphatic rings. The third kappa shape index (κ3) is 6.67. The lowest BCUT2D eigenvalue weighted by molar-refractivity contribution is -0.123. The maximum atomic E-state index is 12.8. The fourth-order valence-electron chi connectivity index (χ4n) is 3.45. The van der Waals surface area contributed by atoms with Gasteiger partial charge in [-0.05, 0) is 78.7 Å². The first-order chi connectivity index (χ1) is 17.0. The summed E-state index contributed by atoms with van der Waals surface area (Å²) in [5.41, 5.74) is 2.92. The van der Waals surface area contributed by atoms with Gasteiger partial charge in [0.25, 0.3) is 11.1 Å². The van der Waals surface area contributed by atoms with Crippen molar-refractivity contribution in [2.45, 2.75) is 13.8 Å². The summed E-state index contributed by atoms with van der Waals surface area (Å²) in [5, 5.41) is -0.288. The van der Waals surface area contributed by atoms with Gasteiger partial charge in [0.1, 0.15) is 37.1 Å². The Kier molecular flexibility index (Phi) is 8.11. The van der Waals surface area contributed by atoms with Gasteiger partial charge in [-0.1, -0.05) is 42.5 Å². The van der Waals surface area contributed by atoms with E-state index in [9.17, 15) is 9.59 Å². The van der Waals surface area contributed by atoms with Gasteiger partial charge in [0.2, 0.25) is 0 Å². The summed E-state index contributed by atoms with van der Waals surface area (Å²) < 4.78 is 17.1. The van der Waals surface area contributed by atoms with Gasteiger partial charge in [-0.3, -0.25) is 14.5 Å². The molecule has 7 heteroatoms. The molecule has 0 spiro atoms. The number of hydrogen-bond acceptors (Lipinski definition) is 6. The fourth-order valence-corrected chi connectivity index (χ4v) is 4.31. The van der Waals surface area contributed by atoms with Crippen molar-refractivity contribution >= 4 is 29.0 Å². The molecule has 35 heavy (non-hydrogen) atoms. The number of para-hydroxylation sites is 1. The second-order valence-electron chi connectivity index (χ2n) is 8.03. The van der Waals surface area contributed by atoms with E-state index in [2.05, 4.69) is 0 Å². The number of thioether (sulfide) groups is 1. The third-order valence-corrected chi connectivity index (χ3v) is 6.24. The monoisotopic (exact) mass is 489 g/mol. The zero-order valence-electron chi connectivity index (χ0n) is 19.7. The molecule has 3 aromatic rings. The largest absolute Gasteiger partial charge is 0.491 e. The highest BCUT2D eigenvalue weighted by Gasteiger charge is 2.34. The van der Waals surface area contributed by atoms with Gasteiger partial charge in [-0.15, -0.1) is 0 Å². The van der Waals surface area contributed by atoms with Crippen LogP contribution >= 0.6 is 11.8 Å². The highest BCUT2D eigenvalue weighted by atomic mass is 32.2. The Balaban J connectivity index is 1.27. The van der Waals surface area contributed by atoms with Crippen molar-refractivity contribution < 1.29 is 23.8 Å². The van der Waals surface area contributed by atoms with Crippen molar-refractivity contribution in [2.75, 3.05) is 26.4 Å². The van der Waals surface area contributed by atoms with Crippen LogP contribution in [0, 0.1) is 13.8 Å². The lowest BCUT2D eigenvalue weighted by Crippen LogP contribution is -2.32. The van der Waals surface area contributed by atoms with Crippen LogP contribution in [0.15, 0.2) is 77.7 Å². The van der Waals surface area contributed by atoms with Crippen molar-refractivity contribution in [3.63, 3.8) is 0 Å². The summed E-state index contributed by atoms with van der Waals surface area (Å²) in [6.45, 7) is 5.26. The van der Waals surface area contributed by atoms with E-state index in [-0.39, 0.29) is 24.3 Å². The minimum atomic E-state index is -0.303. The van der Waals surface area contributed by atoms with E-state index in [1.165, 1.54) is 4.90 Å². The number of rotatable bonds is 10. The number of carbonyl (C=O) groups excluding carboxylic acids is 2. The highest BCUT2D eigenvalue weighted by Crippen LogP contribution is 2.32. The first-order valence-corrected chi connectivity index (χ1v) is 12.2. The van der Waals surface area contributed by atoms with Crippen LogP contribution in [0.25, 0.3) is 6.08 Å². The van der Waals surface area contributed by atoms with E-state index in [4.69, 9.17) is 14.2 Å². The van der Waals surface area contributed by atoms with Crippen LogP contribution in [0.2, 0.25) is 0 Å². The Morgan fingerprint density at radius 2 is 1.49 bits per heavy atom. The topological polar surface area (TPSA) is 65.1 Å². The standard InChI is InChI=1S/C28H27NO5S/c1-20-8-9-21(2)25(18-20)34-15-14-29-27(30)26(35-28(29)31)19-22-10-12-24(13-11-22)33-17-16-32-23-6-4-3-5-7-23/h3-13,18-19H,14-17H2,1-2H3/b26-19-. The van der Waals surface area contributed by atoms with Gasteiger partial charge < -0.3 is 14.2 Å². The molecule has 0 atom stereocenters. The summed E-state index contributed by atoms with van der Waals surface area (Å²) in [7, 11) is 0. The Hall–Kier alpha value is -3.71. The van der Waals surface area contributed by atoms with Crippen molar-refractivity contribution in [1.82, 2.24) is 4.90 Å². The zero-order chi connectivity index (χ0) is 24.6. The number of nitrogens with zero attached hydrogens (tertiary/aromatic N) is 1. The summed E-state index contributed by atoms with van der Waals surface area (Å²) in [5.74, 6) is 1.97. The average Bonchev–Trinajstić information content (AvgIpc) is 3.13. The molecule has 0 bridgehead atoms. The van der Waals surface area contributed by atoms with Crippen molar-refractivity contribution in [3.05, 3.63) is 94.4 Å². The SMILES string of the molecule is Cc1ccc(C)c(OCCN2C(=O)S/C(=C\c3ccc(OCCOc4ccccc4)cc3)C2=O)c1. The molecule has 6 nitrogen and oxygen atoms in total. The van der Waals surface area contributed by atoms with Gasteiger partial charge in [-0.2, -0.15) is 0 Å². The molecule has 0 aliphatic carbocycles. The van der Waals surface area contributed by atoms with Gasteiger partial charge >= 0.3 is 0 Å². The second-order valence-corrected chi connectivity index (χ2v) is 9.02. The van der Waals surface area contributed by atoms with Gasteiger partial charge in [0, 0.05) is 0 Å². The third-order valence-electron chi connectivity index (χ3n) is 5.33. The average molecular weight is 490 g/mol. The minimum Gasteiger partial charge on any atom is -0.491 e. The lowest BCUT2D eigenvalue weighted by atomic mass is 10.1. The van der Waals surface area contributed by atoms with E-state index in [1.54, 1.807) is 6.08 Å². The Bertz CT molecular complexity index is 1210. The summed E-state index contributed by atoms with van der Waals surface area (Å²) in [6, 6.07) is 22.9. The molecule has 3 aromatic carbocycles. The molecule has 0 unspecified atom stereocenters. The molecule has 2 amide bonds. The normalized spacial score (nSPS) is 14.5. The molecule has 0 saturated carbocycles. The Morgan fingerprint density at radius 1 is 0.800 bits per heavy atom. The van der Waals surface area contributed by atoms with Gasteiger partial charge in [-0.25, -0.2) is 0 Å². The Morgan fingerprint density at radius 3 is 2.20 bits per heavy atom. The maximum Gasteiger partial charge on any atom is 0.293 e. The van der Waals surface area contributed by atoms with Crippen molar-refractivity contribution in [3.8, 4) is 17.2 Å². The number of aryl methyl sites for hydroxylation is 2. The number of benzene rings is 3. The first-order valence-electron chi connectivity index (χ1n) is 11.4. The van der Waals surface area contributed by atoms with E-state index in [0.717, 1.165) is 40.0 Å². The number of hydrogen-bond donors (Lipinski definition) is 0. The summed E-state index contributed by atoms with van der Waals surface area (Å²) >= 11 is 0.943. The van der Waals surface area contributed by atoms with Crippen LogP contribution in [0.5, 0.6) is 17.2 Å². The predicted octanol–water partition coefficient (Wildman–Crippen LogP) is 5.88. The van der Waals surface area contributed by atoms with Crippen LogP contribution in [0.4, 0.5) is 4.79 Å². The molecular weight excluding hydrogens is 462 g/mol. The van der Waals surface area contributed by atoms with E-state index in [0.29, 0.717) is 23.9 Å². The van der Waals surface area contributed by atoms with Crippen LogP contribution in [-0.2, 0) is 4.79 Å². The van der Waals surface area contributed by atoms with Crippen LogP contribution in [0.1, 0.15) is 16.7 Å². The maximum absolute atomic E-state index is 12.8. The number of imide groups is 1. The van der Waals surface area contributed by atoms with Crippen molar-refractivity contribution in [2.24, 2.45) is 0 Å². The molecule has 1 aliphatic heterocycles. The van der Waals surface area contributed by atoms with Crippen molar-refractivity contribution in [1.29, 1.82) is 0 Å². The number of ether oxygens (including phenoxy) is 3. The number of carbonyl (C=O) groups is 2. The predicted molar refractivity (Wildman–Crippen MR) is 138 cm³/mol. The van der Waals surface area contributed by atoms with E-state index >= 15 is 0 Å². The second kappa shape index (κ2) is 11.6. The van der Waals surface area contributed by atoms with Crippen LogP contribution in [0.3, 0.4) is 0 Å². The van der Waals surface area contributed by atoms with Gasteiger partial charge in [0.15, 0.2) is 0 Å². The molecule has 1 saturated heterocycles. The summed E-state index contributed by atoms with van der Waals surface area (Å²) in [4.78, 5) is 26.8. The molecule has 4 rings (SSSR count). The lowest BCUT2D eigenvalue weighted by Gasteiger charge is -2.14. The minimum absolute atomic E-state index is 0.202. The van der Waals surface area contributed by atoms with Crippen LogP contribution in [-0.4, -0.2) is 42.4 Å². The molecule has 0 N–H and O–H groups in total. The quantitative estimate of drug-likeness (QED) is 0.262. The molecule has 1 heterocycles. The molecule has 0 aromatic heterocycles. The fraction of sp³-hybridized carbons (Fsp3) is 0.214. The molecule has 0 radical (unpaired) electrons. The van der Waals surface area contributed by atoms with Gasteiger partial charge in [0.05, 0.1) is 11.4 Å².